The molecule has 0 spiro atoms. The van der Waals surface area contributed by atoms with Crippen molar-refractivity contribution in [2.45, 2.75) is 26.9 Å². The largest absolute Gasteiger partial charge is 0.465 e. The third-order valence-electron chi connectivity index (χ3n) is 2.97. The van der Waals surface area contributed by atoms with E-state index in [1.54, 1.807) is 26.0 Å². The molecule has 138 valence electrons. The molecule has 1 N–H and O–H groups in total. The summed E-state index contributed by atoms with van der Waals surface area (Å²) < 4.78 is 30.5. The topological polar surface area (TPSA) is 46.5 Å². The van der Waals surface area contributed by atoms with Gasteiger partial charge >= 0.3 is 5.97 Å². The summed E-state index contributed by atoms with van der Waals surface area (Å²) in [6.45, 7) is 3.32. The van der Waals surface area contributed by atoms with E-state index in [0.717, 1.165) is 0 Å². The summed E-state index contributed by atoms with van der Waals surface area (Å²) in [6, 6.07) is 8.43. The second-order valence-corrected chi connectivity index (χ2v) is 7.02. The average Bonchev–Trinajstić information content (AvgIpc) is 2.51. The number of carbonyl (C=O) groups excluding carboxylic acids is 1. The highest BCUT2D eigenvalue weighted by atomic mass is 79.9. The van der Waals surface area contributed by atoms with Gasteiger partial charge in [0.15, 0.2) is 0 Å². The van der Waals surface area contributed by atoms with Crippen LogP contribution in [0.2, 0.25) is 0 Å². The summed E-state index contributed by atoms with van der Waals surface area (Å²) >= 11 is 6.01. The predicted molar refractivity (Wildman–Crippen MR) is 102 cm³/mol. The molecule has 0 amide bonds. The first-order valence-electron chi connectivity index (χ1n) is 6.77. The van der Waals surface area contributed by atoms with Gasteiger partial charge in [-0.05, 0) is 81.6 Å². The summed E-state index contributed by atoms with van der Waals surface area (Å²) in [6.07, 6.45) is 0. The van der Waals surface area contributed by atoms with Gasteiger partial charge in [-0.25, -0.2) is 13.6 Å². The molecule has 0 saturated carbocycles. The van der Waals surface area contributed by atoms with Crippen molar-refractivity contribution in [1.29, 1.82) is 0 Å². The quantitative estimate of drug-likeness (QED) is 0.549. The lowest BCUT2D eigenvalue weighted by molar-refractivity contribution is 0.0600. The molecule has 0 heterocycles. The highest BCUT2D eigenvalue weighted by Crippen LogP contribution is 2.24. The van der Waals surface area contributed by atoms with E-state index in [0.29, 0.717) is 15.6 Å². The lowest BCUT2D eigenvalue weighted by Gasteiger charge is -2.17. The Bertz CT molecular complexity index is 729. The molecule has 2 rings (SSSR count). The van der Waals surface area contributed by atoms with Crippen molar-refractivity contribution in [3.63, 3.8) is 0 Å². The monoisotopic (exact) mass is 480 g/mol. The molecule has 2 aromatic carbocycles. The Morgan fingerprint density at radius 2 is 1.52 bits per heavy atom. The molecule has 0 atom stereocenters. The van der Waals surface area contributed by atoms with Crippen LogP contribution in [0.15, 0.2) is 45.3 Å². The van der Waals surface area contributed by atoms with E-state index in [1.165, 1.54) is 31.4 Å². The Hall–Kier alpha value is -1.31. The van der Waals surface area contributed by atoms with Crippen molar-refractivity contribution in [2.75, 3.05) is 7.11 Å². The van der Waals surface area contributed by atoms with Crippen molar-refractivity contribution in [3.8, 4) is 0 Å². The predicted octanol–water partition coefficient (Wildman–Crippen LogP) is 5.83. The van der Waals surface area contributed by atoms with Gasteiger partial charge in [0.25, 0.3) is 0 Å². The third-order valence-corrected chi connectivity index (χ3v) is 4.18. The molecule has 0 saturated heterocycles. The average molecular weight is 482 g/mol. The van der Waals surface area contributed by atoms with Gasteiger partial charge in [-0.1, -0.05) is 13.5 Å². The Morgan fingerprint density at radius 1 is 1.04 bits per heavy atom. The molecule has 3 nitrogen and oxygen atoms in total. The molecule has 0 unspecified atom stereocenters. The van der Waals surface area contributed by atoms with E-state index < -0.39 is 17.4 Å². The molecule has 0 aliphatic carbocycles. The number of aliphatic hydroxyl groups is 1. The summed E-state index contributed by atoms with van der Waals surface area (Å²) in [5, 5.41) is 9.56. The zero-order chi connectivity index (χ0) is 18.5. The van der Waals surface area contributed by atoms with E-state index in [1.807, 2.05) is 0 Å². The van der Waals surface area contributed by atoms with Crippen LogP contribution in [0.3, 0.4) is 0 Å². The molecular formula is C18H20Br2F2O3. The lowest BCUT2D eigenvalue weighted by Crippen LogP contribution is -2.15. The Kier molecular flexibility index (Phi) is 9.47. The highest BCUT2D eigenvalue weighted by Gasteiger charge is 2.16. The Morgan fingerprint density at radius 3 is 1.92 bits per heavy atom. The fraction of sp³-hybridized carbons (Fsp3) is 0.278. The number of rotatable bonds is 2. The van der Waals surface area contributed by atoms with E-state index in [9.17, 15) is 18.7 Å². The van der Waals surface area contributed by atoms with Crippen LogP contribution in [-0.2, 0) is 10.3 Å². The molecule has 0 aliphatic heterocycles. The Balaban J connectivity index is 0.000000443. The van der Waals surface area contributed by atoms with Crippen LogP contribution < -0.4 is 0 Å². The van der Waals surface area contributed by atoms with Gasteiger partial charge in [0.2, 0.25) is 0 Å². The van der Waals surface area contributed by atoms with Gasteiger partial charge in [0, 0.05) is 0 Å². The fourth-order valence-corrected chi connectivity index (χ4v) is 2.38. The number of carbonyl (C=O) groups is 1. The maximum atomic E-state index is 12.8. The summed E-state index contributed by atoms with van der Waals surface area (Å²) in [4.78, 5) is 10.9. The van der Waals surface area contributed by atoms with E-state index in [2.05, 4.69) is 36.6 Å². The maximum Gasteiger partial charge on any atom is 0.337 e. The van der Waals surface area contributed by atoms with Gasteiger partial charge in [-0.3, -0.25) is 0 Å². The molecule has 0 aromatic heterocycles. The first-order valence-corrected chi connectivity index (χ1v) is 8.36. The van der Waals surface area contributed by atoms with Crippen molar-refractivity contribution >= 4 is 37.8 Å². The second kappa shape index (κ2) is 9.99. The molecule has 7 heteroatoms. The zero-order valence-corrected chi connectivity index (χ0v) is 16.4. The number of hydrogen-bond donors (Lipinski definition) is 1. The zero-order valence-electron chi connectivity index (χ0n) is 13.2. The van der Waals surface area contributed by atoms with E-state index >= 15 is 0 Å². The van der Waals surface area contributed by atoms with Crippen molar-refractivity contribution in [1.82, 2.24) is 0 Å². The van der Waals surface area contributed by atoms with Crippen LogP contribution >= 0.6 is 31.9 Å². The minimum atomic E-state index is -0.920. The number of esters is 1. The van der Waals surface area contributed by atoms with Gasteiger partial charge in [-0.15, -0.1) is 0 Å². The number of hydrogen-bond acceptors (Lipinski definition) is 3. The first-order chi connectivity index (χ1) is 11.1. The van der Waals surface area contributed by atoms with Gasteiger partial charge in [-0.2, -0.15) is 0 Å². The normalized spacial score (nSPS) is 10.2. The summed E-state index contributed by atoms with van der Waals surface area (Å²) in [5.41, 5.74) is 0.0949. The van der Waals surface area contributed by atoms with Crippen LogP contribution in [0.25, 0.3) is 0 Å². The van der Waals surface area contributed by atoms with Crippen LogP contribution in [0, 0.1) is 11.6 Å². The number of methoxy groups -OCH3 is 1. The van der Waals surface area contributed by atoms with Crippen molar-refractivity contribution in [3.05, 3.63) is 68.1 Å². The van der Waals surface area contributed by atoms with E-state index in [-0.39, 0.29) is 17.7 Å². The molecule has 0 bridgehead atoms. The first kappa shape index (κ1) is 23.7. The summed E-state index contributed by atoms with van der Waals surface area (Å²) in [5.74, 6) is -1.19. The molecule has 0 fully saturated rings. The van der Waals surface area contributed by atoms with Crippen LogP contribution in [0.1, 0.15) is 37.2 Å². The standard InChI is InChI=1S/C9H10BrFO.C8H6BrFO2.CH4/c1-9(2,12)6-3-4-8(11)7(10)5-6;1-12-8(11)5-2-3-7(10)6(9)4-5;/h3-5,12H,1-2H3;2-4H,1H3;1H4. The second-order valence-electron chi connectivity index (χ2n) is 5.31. The molecule has 0 radical (unpaired) electrons. The van der Waals surface area contributed by atoms with Gasteiger partial charge < -0.3 is 9.84 Å². The van der Waals surface area contributed by atoms with Crippen molar-refractivity contribution in [2.24, 2.45) is 0 Å². The molecule has 0 aliphatic rings. The fourth-order valence-electron chi connectivity index (χ4n) is 1.62. The van der Waals surface area contributed by atoms with Gasteiger partial charge in [0.05, 0.1) is 27.2 Å². The minimum absolute atomic E-state index is 0. The third kappa shape index (κ3) is 7.22. The maximum absolute atomic E-state index is 12.8. The number of halogens is 4. The minimum Gasteiger partial charge on any atom is -0.465 e. The lowest BCUT2D eigenvalue weighted by atomic mass is 9.99. The van der Waals surface area contributed by atoms with Gasteiger partial charge in [0.1, 0.15) is 11.6 Å². The summed E-state index contributed by atoms with van der Waals surface area (Å²) in [7, 11) is 1.28. The van der Waals surface area contributed by atoms with E-state index in [4.69, 9.17) is 0 Å². The van der Waals surface area contributed by atoms with Crippen molar-refractivity contribution < 1.29 is 23.4 Å². The molecular weight excluding hydrogens is 462 g/mol. The Labute approximate surface area is 163 Å². The smallest absolute Gasteiger partial charge is 0.337 e. The highest BCUT2D eigenvalue weighted by molar-refractivity contribution is 9.10. The molecule has 2 aromatic rings. The SMILES string of the molecule is C.CC(C)(O)c1ccc(F)c(Br)c1.COC(=O)c1ccc(F)c(Br)c1. The van der Waals surface area contributed by atoms with Crippen LogP contribution in [0.4, 0.5) is 8.78 Å². The number of ether oxygens (including phenoxy) is 1. The molecule has 25 heavy (non-hydrogen) atoms. The van der Waals surface area contributed by atoms with Crippen LogP contribution in [-0.4, -0.2) is 18.2 Å². The number of benzene rings is 2. The van der Waals surface area contributed by atoms with Crippen LogP contribution in [0.5, 0.6) is 0 Å².